The van der Waals surface area contributed by atoms with Gasteiger partial charge in [-0.2, -0.15) is 18.3 Å². The van der Waals surface area contributed by atoms with Gasteiger partial charge in [-0.15, -0.1) is 0 Å². The minimum atomic E-state index is -4.52. The average Bonchev–Trinajstić information content (AvgIpc) is 3.08. The van der Waals surface area contributed by atoms with Crippen molar-refractivity contribution in [1.82, 2.24) is 24.7 Å². The smallest absolute Gasteiger partial charge is 0.346 e. The van der Waals surface area contributed by atoms with Gasteiger partial charge in [-0.05, 0) is 11.6 Å². The van der Waals surface area contributed by atoms with E-state index in [0.717, 1.165) is 17.8 Å². The Balaban J connectivity index is 1.87. The Morgan fingerprint density at radius 2 is 1.92 bits per heavy atom. The number of alkyl halides is 3. The Bertz CT molecular complexity index is 773. The van der Waals surface area contributed by atoms with Crippen molar-refractivity contribution in [3.63, 3.8) is 0 Å². The summed E-state index contributed by atoms with van der Waals surface area (Å²) in [5, 5.41) is 6.96. The highest BCUT2D eigenvalue weighted by atomic mass is 19.4. The number of halogens is 3. The molecule has 0 aliphatic carbocycles. The third-order valence-electron chi connectivity index (χ3n) is 3.29. The second-order valence-corrected chi connectivity index (χ2v) is 4.99. The first kappa shape index (κ1) is 15.9. The van der Waals surface area contributed by atoms with Crippen molar-refractivity contribution in [2.75, 3.05) is 5.32 Å². The predicted molar refractivity (Wildman–Crippen MR) is 79.9 cm³/mol. The zero-order chi connectivity index (χ0) is 17.0. The number of benzene rings is 1. The van der Waals surface area contributed by atoms with Crippen LogP contribution in [0.1, 0.15) is 17.3 Å². The van der Waals surface area contributed by atoms with Crippen molar-refractivity contribution >= 4 is 5.95 Å². The molecule has 0 fully saturated rings. The molecular formula is C15H13F3N6. The van der Waals surface area contributed by atoms with Gasteiger partial charge in [0.25, 0.3) is 0 Å². The fourth-order valence-electron chi connectivity index (χ4n) is 2.18. The van der Waals surface area contributed by atoms with Crippen LogP contribution in [0.2, 0.25) is 0 Å². The van der Waals surface area contributed by atoms with E-state index < -0.39 is 11.9 Å². The van der Waals surface area contributed by atoms with Gasteiger partial charge in [0.05, 0.1) is 12.6 Å². The number of anilines is 1. The van der Waals surface area contributed by atoms with Crippen molar-refractivity contribution in [1.29, 1.82) is 0 Å². The zero-order valence-corrected chi connectivity index (χ0v) is 12.4. The molecule has 0 amide bonds. The number of hydrogen-bond acceptors (Lipinski definition) is 5. The molecule has 1 N–H and O–H groups in total. The largest absolute Gasteiger partial charge is 0.433 e. The topological polar surface area (TPSA) is 68.5 Å². The molecule has 3 rings (SSSR count). The van der Waals surface area contributed by atoms with E-state index in [1.807, 2.05) is 30.3 Å². The van der Waals surface area contributed by atoms with Crippen molar-refractivity contribution in [2.45, 2.75) is 18.8 Å². The number of nitrogens with one attached hydrogen (secondary N) is 1. The van der Waals surface area contributed by atoms with E-state index in [1.54, 1.807) is 4.68 Å². The maximum Gasteiger partial charge on any atom is 0.433 e. The molecule has 0 aliphatic rings. The fraction of sp³-hybridized carbons (Fsp3) is 0.200. The molecule has 2 heterocycles. The normalized spacial score (nSPS) is 12.8. The van der Waals surface area contributed by atoms with Crippen LogP contribution < -0.4 is 5.32 Å². The van der Waals surface area contributed by atoms with E-state index in [2.05, 4.69) is 25.4 Å². The molecular weight excluding hydrogens is 321 g/mol. The molecule has 9 heteroatoms. The summed E-state index contributed by atoms with van der Waals surface area (Å²) in [6, 6.07) is 9.74. The number of nitrogens with zero attached hydrogens (tertiary/aromatic N) is 5. The van der Waals surface area contributed by atoms with Crippen molar-refractivity contribution in [2.24, 2.45) is 0 Å². The van der Waals surface area contributed by atoms with Gasteiger partial charge in [-0.1, -0.05) is 30.3 Å². The van der Waals surface area contributed by atoms with Gasteiger partial charge in [0.2, 0.25) is 5.95 Å². The molecule has 1 aromatic carbocycles. The quantitative estimate of drug-likeness (QED) is 0.777. The third-order valence-corrected chi connectivity index (χ3v) is 3.29. The standard InChI is InChI=1S/C15H13F3N6/c16-15(17,18)13-6-7-20-14(23-13)22-12(8-24-10-19-9-21-24)11-4-2-1-3-5-11/h1-7,9-10,12H,8H2,(H,20,22,23). The molecule has 2 aromatic heterocycles. The number of rotatable bonds is 5. The summed E-state index contributed by atoms with van der Waals surface area (Å²) in [7, 11) is 0. The summed E-state index contributed by atoms with van der Waals surface area (Å²) in [4.78, 5) is 11.3. The van der Waals surface area contributed by atoms with E-state index >= 15 is 0 Å². The summed E-state index contributed by atoms with van der Waals surface area (Å²) in [5.41, 5.74) is -0.124. The summed E-state index contributed by atoms with van der Waals surface area (Å²) in [6.07, 6.45) is -0.517. The number of hydrogen-bond donors (Lipinski definition) is 1. The van der Waals surface area contributed by atoms with Crippen molar-refractivity contribution in [3.8, 4) is 0 Å². The van der Waals surface area contributed by atoms with E-state index in [9.17, 15) is 13.2 Å². The summed E-state index contributed by atoms with van der Waals surface area (Å²) >= 11 is 0. The van der Waals surface area contributed by atoms with Crippen molar-refractivity contribution in [3.05, 3.63) is 66.5 Å². The van der Waals surface area contributed by atoms with Crippen molar-refractivity contribution < 1.29 is 13.2 Å². The molecule has 124 valence electrons. The Morgan fingerprint density at radius 3 is 2.58 bits per heavy atom. The molecule has 1 unspecified atom stereocenters. The predicted octanol–water partition coefficient (Wildman–Crippen LogP) is 2.94. The highest BCUT2D eigenvalue weighted by molar-refractivity contribution is 5.32. The van der Waals surface area contributed by atoms with Gasteiger partial charge in [0.1, 0.15) is 18.3 Å². The third kappa shape index (κ3) is 3.86. The lowest BCUT2D eigenvalue weighted by molar-refractivity contribution is -0.141. The first-order chi connectivity index (χ1) is 11.5. The average molecular weight is 334 g/mol. The highest BCUT2D eigenvalue weighted by Crippen LogP contribution is 2.28. The Labute approximate surface area is 135 Å². The maximum absolute atomic E-state index is 12.8. The van der Waals surface area contributed by atoms with Crippen LogP contribution in [-0.2, 0) is 12.7 Å². The lowest BCUT2D eigenvalue weighted by atomic mass is 10.1. The molecule has 6 nitrogen and oxygen atoms in total. The molecule has 3 aromatic rings. The highest BCUT2D eigenvalue weighted by Gasteiger charge is 2.33. The van der Waals surface area contributed by atoms with Crippen LogP contribution in [0.5, 0.6) is 0 Å². The Kier molecular flexibility index (Phi) is 4.41. The van der Waals surface area contributed by atoms with Crippen LogP contribution in [0.4, 0.5) is 19.1 Å². The summed E-state index contributed by atoms with van der Waals surface area (Å²) in [6.45, 7) is 0.365. The SMILES string of the molecule is FC(F)(F)c1ccnc(NC(Cn2cncn2)c2ccccc2)n1. The van der Waals surface area contributed by atoms with Crippen LogP contribution in [0, 0.1) is 0 Å². The minimum Gasteiger partial charge on any atom is -0.346 e. The first-order valence-corrected chi connectivity index (χ1v) is 7.06. The van der Waals surface area contributed by atoms with E-state index in [4.69, 9.17) is 0 Å². The van der Waals surface area contributed by atoms with Gasteiger partial charge in [-0.25, -0.2) is 15.0 Å². The molecule has 0 aliphatic heterocycles. The van der Waals surface area contributed by atoms with Gasteiger partial charge in [0.15, 0.2) is 0 Å². The summed E-state index contributed by atoms with van der Waals surface area (Å²) < 4.78 is 40.0. The van der Waals surface area contributed by atoms with Gasteiger partial charge >= 0.3 is 6.18 Å². The maximum atomic E-state index is 12.8. The summed E-state index contributed by atoms with van der Waals surface area (Å²) in [5.74, 6) is -0.0983. The van der Waals surface area contributed by atoms with Crippen LogP contribution in [0.15, 0.2) is 55.2 Å². The molecule has 0 bridgehead atoms. The van der Waals surface area contributed by atoms with E-state index in [0.29, 0.717) is 6.54 Å². The number of aromatic nitrogens is 5. The Hall–Kier alpha value is -2.97. The molecule has 0 saturated carbocycles. The monoisotopic (exact) mass is 334 g/mol. The fourth-order valence-corrected chi connectivity index (χ4v) is 2.18. The van der Waals surface area contributed by atoms with Gasteiger partial charge in [0, 0.05) is 6.20 Å². The zero-order valence-electron chi connectivity index (χ0n) is 12.4. The van der Waals surface area contributed by atoms with Crippen LogP contribution in [0.25, 0.3) is 0 Å². The molecule has 0 radical (unpaired) electrons. The second-order valence-electron chi connectivity index (χ2n) is 4.99. The lowest BCUT2D eigenvalue weighted by Crippen LogP contribution is -2.20. The molecule has 1 atom stereocenters. The van der Waals surface area contributed by atoms with Crippen LogP contribution >= 0.6 is 0 Å². The first-order valence-electron chi connectivity index (χ1n) is 7.06. The van der Waals surface area contributed by atoms with Gasteiger partial charge in [-0.3, -0.25) is 4.68 Å². The lowest BCUT2D eigenvalue weighted by Gasteiger charge is -2.19. The van der Waals surface area contributed by atoms with E-state index in [1.165, 1.54) is 12.7 Å². The molecule has 24 heavy (non-hydrogen) atoms. The second kappa shape index (κ2) is 6.65. The van der Waals surface area contributed by atoms with Gasteiger partial charge < -0.3 is 5.32 Å². The van der Waals surface area contributed by atoms with Crippen LogP contribution in [-0.4, -0.2) is 24.7 Å². The van der Waals surface area contributed by atoms with Crippen LogP contribution in [0.3, 0.4) is 0 Å². The molecule has 0 spiro atoms. The Morgan fingerprint density at radius 1 is 1.12 bits per heavy atom. The molecule has 0 saturated heterocycles. The van der Waals surface area contributed by atoms with E-state index in [-0.39, 0.29) is 12.0 Å². The minimum absolute atomic E-state index is 0.0983.